The van der Waals surface area contributed by atoms with Crippen molar-refractivity contribution in [1.29, 1.82) is 0 Å². The minimum Gasteiger partial charge on any atom is -0.399 e. The van der Waals surface area contributed by atoms with Gasteiger partial charge in [-0.25, -0.2) is 4.99 Å². The van der Waals surface area contributed by atoms with Crippen molar-refractivity contribution in [3.05, 3.63) is 24.4 Å². The minimum absolute atomic E-state index is 0.441. The van der Waals surface area contributed by atoms with Crippen molar-refractivity contribution >= 4 is 18.2 Å². The lowest BCUT2D eigenvalue weighted by atomic mass is 10.2. The minimum atomic E-state index is 0.441. The maximum Gasteiger partial charge on any atom is 0.159 e. The third kappa shape index (κ3) is 1.10. The van der Waals surface area contributed by atoms with E-state index in [0.717, 1.165) is 5.56 Å². The summed E-state index contributed by atoms with van der Waals surface area (Å²) in [5.74, 6) is 6.02. The summed E-state index contributed by atoms with van der Waals surface area (Å²) in [5, 5.41) is 0. The highest BCUT2D eigenvalue weighted by molar-refractivity contribution is 5.70. The Balaban J connectivity index is 3.26. The molecule has 0 spiro atoms. The summed E-state index contributed by atoms with van der Waals surface area (Å²) in [6.45, 7) is 6.93. The van der Waals surface area contributed by atoms with E-state index in [2.05, 4.69) is 18.3 Å². The molecule has 0 aliphatic heterocycles. The second kappa shape index (κ2) is 2.49. The van der Waals surface area contributed by atoms with Gasteiger partial charge < -0.3 is 11.6 Å². The van der Waals surface area contributed by atoms with E-state index in [-0.39, 0.29) is 0 Å². The first-order valence-corrected chi connectivity index (χ1v) is 3.04. The third-order valence-electron chi connectivity index (χ3n) is 1.38. The van der Waals surface area contributed by atoms with Crippen LogP contribution in [0.5, 0.6) is 0 Å². The monoisotopic (exact) mass is 150 g/mol. The number of nitrogens with two attached hydrogens (primary N) is 2. The van der Waals surface area contributed by atoms with Gasteiger partial charge in [-0.2, -0.15) is 0 Å². The molecule has 1 rings (SSSR count). The van der Waals surface area contributed by atoms with E-state index in [1.165, 1.54) is 4.68 Å². The molecule has 4 heteroatoms. The van der Waals surface area contributed by atoms with Gasteiger partial charge in [0.15, 0.2) is 5.82 Å². The highest BCUT2D eigenvalue weighted by atomic mass is 15.3. The van der Waals surface area contributed by atoms with Crippen LogP contribution in [0, 0.1) is 0 Å². The van der Waals surface area contributed by atoms with Crippen LogP contribution in [0.25, 0.3) is 5.70 Å². The van der Waals surface area contributed by atoms with Gasteiger partial charge in [-0.3, -0.25) is 4.68 Å². The SMILES string of the molecule is C=Nc1c(C(=C)N)ccn1N. The van der Waals surface area contributed by atoms with E-state index in [1.807, 2.05) is 0 Å². The molecule has 0 aliphatic rings. The Morgan fingerprint density at radius 2 is 2.27 bits per heavy atom. The Kier molecular flexibility index (Phi) is 1.68. The quantitative estimate of drug-likeness (QED) is 0.475. The average Bonchev–Trinajstić information content (AvgIpc) is 2.30. The largest absolute Gasteiger partial charge is 0.399 e. The molecule has 0 aliphatic carbocycles. The highest BCUT2D eigenvalue weighted by Crippen LogP contribution is 2.21. The van der Waals surface area contributed by atoms with Crippen LogP contribution in [0.2, 0.25) is 0 Å². The van der Waals surface area contributed by atoms with Gasteiger partial charge in [0.1, 0.15) is 0 Å². The Morgan fingerprint density at radius 1 is 1.64 bits per heavy atom. The lowest BCUT2D eigenvalue weighted by molar-refractivity contribution is 1.01. The Bertz CT molecular complexity index is 297. The topological polar surface area (TPSA) is 69.3 Å². The molecule has 1 heterocycles. The molecule has 58 valence electrons. The van der Waals surface area contributed by atoms with Gasteiger partial charge in [-0.1, -0.05) is 6.58 Å². The van der Waals surface area contributed by atoms with E-state index in [9.17, 15) is 0 Å². The standard InChI is InChI=1S/C7H10N4/c1-5(8)6-3-4-11(9)7(6)10-2/h3-4H,1-2,8-9H2. The predicted molar refractivity (Wildman–Crippen MR) is 47.0 cm³/mol. The van der Waals surface area contributed by atoms with E-state index in [0.29, 0.717) is 11.5 Å². The lowest BCUT2D eigenvalue weighted by Gasteiger charge is -1.99. The molecule has 4 nitrogen and oxygen atoms in total. The van der Waals surface area contributed by atoms with Crippen LogP contribution < -0.4 is 11.6 Å². The maximum atomic E-state index is 5.48. The maximum absolute atomic E-state index is 5.48. The number of nitrogen functional groups attached to an aromatic ring is 1. The third-order valence-corrected chi connectivity index (χ3v) is 1.38. The second-order valence-electron chi connectivity index (χ2n) is 2.14. The predicted octanol–water partition coefficient (Wildman–Crippen LogP) is 0.463. The first-order chi connectivity index (χ1) is 5.16. The first kappa shape index (κ1) is 7.40. The van der Waals surface area contributed by atoms with E-state index in [4.69, 9.17) is 11.6 Å². The van der Waals surface area contributed by atoms with Crippen molar-refractivity contribution in [2.24, 2.45) is 10.7 Å². The van der Waals surface area contributed by atoms with Crippen LogP contribution in [0.4, 0.5) is 5.82 Å². The summed E-state index contributed by atoms with van der Waals surface area (Å²) in [7, 11) is 0. The Labute approximate surface area is 64.8 Å². The fourth-order valence-electron chi connectivity index (χ4n) is 0.857. The van der Waals surface area contributed by atoms with Gasteiger partial charge in [0.2, 0.25) is 0 Å². The lowest BCUT2D eigenvalue weighted by Crippen LogP contribution is -2.05. The summed E-state index contributed by atoms with van der Waals surface area (Å²) in [6.07, 6.45) is 1.65. The fraction of sp³-hybridized carbons (Fsp3) is 0. The summed E-state index contributed by atoms with van der Waals surface area (Å²) in [5.41, 5.74) is 6.62. The van der Waals surface area contributed by atoms with Gasteiger partial charge in [0.05, 0.1) is 0 Å². The molecule has 0 unspecified atom stereocenters. The van der Waals surface area contributed by atoms with Crippen LogP contribution in [0.15, 0.2) is 23.8 Å². The van der Waals surface area contributed by atoms with Gasteiger partial charge in [-0.05, 0) is 12.8 Å². The van der Waals surface area contributed by atoms with Crippen molar-refractivity contribution in [2.45, 2.75) is 0 Å². The summed E-state index contributed by atoms with van der Waals surface area (Å²) in [6, 6.07) is 1.74. The van der Waals surface area contributed by atoms with Crippen molar-refractivity contribution in [2.75, 3.05) is 5.84 Å². The molecule has 0 atom stereocenters. The smallest absolute Gasteiger partial charge is 0.159 e. The highest BCUT2D eigenvalue weighted by Gasteiger charge is 2.05. The van der Waals surface area contributed by atoms with Crippen LogP contribution in [-0.2, 0) is 0 Å². The molecule has 0 radical (unpaired) electrons. The number of hydrogen-bond acceptors (Lipinski definition) is 3. The Hall–Kier alpha value is -1.71. The number of rotatable bonds is 2. The van der Waals surface area contributed by atoms with Gasteiger partial charge in [0.25, 0.3) is 0 Å². The molecule has 0 bridgehead atoms. The molecule has 0 amide bonds. The van der Waals surface area contributed by atoms with Crippen molar-refractivity contribution in [3.63, 3.8) is 0 Å². The Morgan fingerprint density at radius 3 is 2.64 bits per heavy atom. The van der Waals surface area contributed by atoms with Crippen molar-refractivity contribution in [3.8, 4) is 0 Å². The number of aromatic nitrogens is 1. The molecule has 11 heavy (non-hydrogen) atoms. The normalized spacial score (nSPS) is 9.45. The van der Waals surface area contributed by atoms with Crippen LogP contribution in [-0.4, -0.2) is 11.4 Å². The molecule has 1 aromatic heterocycles. The van der Waals surface area contributed by atoms with Gasteiger partial charge >= 0.3 is 0 Å². The van der Waals surface area contributed by atoms with Crippen LogP contribution in [0.1, 0.15) is 5.56 Å². The fourth-order valence-corrected chi connectivity index (χ4v) is 0.857. The number of nitrogens with zero attached hydrogens (tertiary/aromatic N) is 2. The average molecular weight is 150 g/mol. The molecular formula is C7H10N4. The molecule has 1 aromatic rings. The molecular weight excluding hydrogens is 140 g/mol. The number of aliphatic imine (C=N–C) groups is 1. The van der Waals surface area contributed by atoms with Crippen molar-refractivity contribution < 1.29 is 0 Å². The van der Waals surface area contributed by atoms with Crippen molar-refractivity contribution in [1.82, 2.24) is 4.68 Å². The van der Waals surface area contributed by atoms with Gasteiger partial charge in [-0.15, -0.1) is 0 Å². The molecule has 0 saturated heterocycles. The van der Waals surface area contributed by atoms with Crippen LogP contribution >= 0.6 is 0 Å². The van der Waals surface area contributed by atoms with E-state index < -0.39 is 0 Å². The van der Waals surface area contributed by atoms with E-state index in [1.54, 1.807) is 12.3 Å². The second-order valence-corrected chi connectivity index (χ2v) is 2.14. The van der Waals surface area contributed by atoms with Gasteiger partial charge in [0, 0.05) is 17.5 Å². The summed E-state index contributed by atoms with van der Waals surface area (Å²) >= 11 is 0. The van der Waals surface area contributed by atoms with E-state index >= 15 is 0 Å². The summed E-state index contributed by atoms with van der Waals surface area (Å²) < 4.78 is 1.35. The zero-order valence-corrected chi connectivity index (χ0v) is 6.12. The molecule has 0 fully saturated rings. The molecule has 0 aromatic carbocycles. The first-order valence-electron chi connectivity index (χ1n) is 3.04. The zero-order chi connectivity index (χ0) is 8.43. The number of hydrogen-bond donors (Lipinski definition) is 2. The summed E-state index contributed by atoms with van der Waals surface area (Å²) in [4.78, 5) is 3.70. The zero-order valence-electron chi connectivity index (χ0n) is 6.12. The molecule has 4 N–H and O–H groups in total. The van der Waals surface area contributed by atoms with Crippen LogP contribution in [0.3, 0.4) is 0 Å². The molecule has 0 saturated carbocycles.